The summed E-state index contributed by atoms with van der Waals surface area (Å²) in [7, 11) is 0. The number of halogens is 3. The molecule has 1 atom stereocenters. The van der Waals surface area contributed by atoms with Crippen LogP contribution in [0.4, 0.5) is 19.3 Å². The summed E-state index contributed by atoms with van der Waals surface area (Å²) in [6.07, 6.45) is 1.91. The molecule has 0 aliphatic heterocycles. The quantitative estimate of drug-likeness (QED) is 0.267. The van der Waals surface area contributed by atoms with E-state index in [4.69, 9.17) is 16.6 Å². The fourth-order valence-electron chi connectivity index (χ4n) is 4.26. The predicted octanol–water partition coefficient (Wildman–Crippen LogP) is 7.10. The van der Waals surface area contributed by atoms with Gasteiger partial charge in [0, 0.05) is 17.6 Å². The smallest absolute Gasteiger partial charge is 0.314 e. The number of para-hydroxylation sites is 1. The third kappa shape index (κ3) is 5.64. The summed E-state index contributed by atoms with van der Waals surface area (Å²) in [6, 6.07) is 15.6. The molecule has 6 nitrogen and oxygen atoms in total. The van der Waals surface area contributed by atoms with E-state index < -0.39 is 23.7 Å². The van der Waals surface area contributed by atoms with Crippen molar-refractivity contribution in [1.82, 2.24) is 14.5 Å². The van der Waals surface area contributed by atoms with Gasteiger partial charge >= 0.3 is 6.03 Å². The van der Waals surface area contributed by atoms with Gasteiger partial charge in [-0.3, -0.25) is 9.36 Å². The highest BCUT2D eigenvalue weighted by molar-refractivity contribution is 6.30. The largest absolute Gasteiger partial charge is 0.322 e. The van der Waals surface area contributed by atoms with Gasteiger partial charge in [0.15, 0.2) is 0 Å². The van der Waals surface area contributed by atoms with Crippen LogP contribution in [0.2, 0.25) is 5.02 Å². The Labute approximate surface area is 218 Å². The normalized spacial score (nSPS) is 11.9. The van der Waals surface area contributed by atoms with Crippen LogP contribution in [0.15, 0.2) is 71.5 Å². The molecule has 4 rings (SSSR count). The maximum atomic E-state index is 14.3. The van der Waals surface area contributed by atoms with Gasteiger partial charge in [0.1, 0.15) is 17.5 Å². The minimum Gasteiger partial charge on any atom is -0.314 e. The molecule has 0 radical (unpaired) electrons. The average Bonchev–Trinajstić information content (AvgIpc) is 2.89. The highest BCUT2D eigenvalue weighted by atomic mass is 35.5. The minimum absolute atomic E-state index is 0.135. The zero-order valence-corrected chi connectivity index (χ0v) is 21.3. The van der Waals surface area contributed by atoms with Gasteiger partial charge in [0.25, 0.3) is 5.56 Å². The van der Waals surface area contributed by atoms with Crippen LogP contribution < -0.4 is 10.9 Å². The molecule has 0 aliphatic rings. The molecule has 37 heavy (non-hydrogen) atoms. The lowest BCUT2D eigenvalue weighted by Gasteiger charge is -2.32. The van der Waals surface area contributed by atoms with E-state index in [1.165, 1.54) is 10.6 Å². The second-order valence-corrected chi connectivity index (χ2v) is 9.07. The number of fused-ring (bicyclic) bond motifs is 1. The molecule has 2 amide bonds. The van der Waals surface area contributed by atoms with Gasteiger partial charge in [0.2, 0.25) is 0 Å². The average molecular weight is 525 g/mol. The van der Waals surface area contributed by atoms with E-state index in [1.807, 2.05) is 13.8 Å². The lowest BCUT2D eigenvalue weighted by Crippen LogP contribution is -2.41. The van der Waals surface area contributed by atoms with Gasteiger partial charge in [-0.1, -0.05) is 44.0 Å². The van der Waals surface area contributed by atoms with Gasteiger partial charge in [0.05, 0.1) is 28.3 Å². The van der Waals surface area contributed by atoms with Crippen LogP contribution in [0.5, 0.6) is 0 Å². The number of nitrogens with zero attached hydrogens (tertiary/aromatic N) is 3. The van der Waals surface area contributed by atoms with E-state index in [2.05, 4.69) is 5.32 Å². The summed E-state index contributed by atoms with van der Waals surface area (Å²) >= 11 is 6.09. The van der Waals surface area contributed by atoms with Crippen molar-refractivity contribution in [3.8, 4) is 5.69 Å². The van der Waals surface area contributed by atoms with E-state index in [-0.39, 0.29) is 11.2 Å². The van der Waals surface area contributed by atoms with Crippen molar-refractivity contribution in [3.63, 3.8) is 0 Å². The van der Waals surface area contributed by atoms with Crippen molar-refractivity contribution in [2.24, 2.45) is 0 Å². The maximum absolute atomic E-state index is 14.3. The first-order chi connectivity index (χ1) is 17.8. The molecule has 0 saturated carbocycles. The van der Waals surface area contributed by atoms with Crippen molar-refractivity contribution in [3.05, 3.63) is 99.6 Å². The Balaban J connectivity index is 1.86. The number of hydrogen-bond acceptors (Lipinski definition) is 3. The minimum atomic E-state index is -0.876. The number of anilines is 1. The summed E-state index contributed by atoms with van der Waals surface area (Å²) in [5, 5.41) is 3.52. The number of aromatic nitrogens is 2. The van der Waals surface area contributed by atoms with E-state index in [0.717, 1.165) is 12.5 Å². The standard InChI is InChI=1S/C28H27ClF2N4O2/c1-3-5-16-34(28(37)33-24-15-12-19(30)17-22(24)31)25(4-2)26-32-23-9-7-6-8-21(23)27(36)35(26)20-13-10-18(29)11-14-20/h6-15,17,25H,3-5,16H2,1-2H3,(H,33,37). The van der Waals surface area contributed by atoms with Crippen molar-refractivity contribution in [2.45, 2.75) is 39.2 Å². The number of carbonyl (C=O) groups is 1. The molecule has 192 valence electrons. The van der Waals surface area contributed by atoms with Crippen molar-refractivity contribution < 1.29 is 13.6 Å². The van der Waals surface area contributed by atoms with Gasteiger partial charge < -0.3 is 10.2 Å². The topological polar surface area (TPSA) is 67.2 Å². The Kier molecular flexibility index (Phi) is 8.18. The third-order valence-electron chi connectivity index (χ3n) is 6.13. The van der Waals surface area contributed by atoms with Gasteiger partial charge in [-0.05, 0) is 61.4 Å². The number of hydrogen-bond donors (Lipinski definition) is 1. The van der Waals surface area contributed by atoms with Gasteiger partial charge in [-0.15, -0.1) is 0 Å². The van der Waals surface area contributed by atoms with Crippen LogP contribution in [0.3, 0.4) is 0 Å². The number of benzene rings is 3. The second kappa shape index (κ2) is 11.5. The first-order valence-electron chi connectivity index (χ1n) is 12.1. The summed E-state index contributed by atoms with van der Waals surface area (Å²) in [5.41, 5.74) is 0.652. The van der Waals surface area contributed by atoms with Crippen molar-refractivity contribution in [1.29, 1.82) is 0 Å². The molecule has 0 spiro atoms. The van der Waals surface area contributed by atoms with E-state index in [1.54, 1.807) is 53.4 Å². The van der Waals surface area contributed by atoms with Crippen LogP contribution in [-0.2, 0) is 0 Å². The maximum Gasteiger partial charge on any atom is 0.322 e. The third-order valence-corrected chi connectivity index (χ3v) is 6.39. The van der Waals surface area contributed by atoms with Gasteiger partial charge in [-0.2, -0.15) is 0 Å². The monoisotopic (exact) mass is 524 g/mol. The SMILES string of the molecule is CCCCN(C(=O)Nc1ccc(F)cc1F)C(CC)c1nc2ccccc2c(=O)n1-c1ccc(Cl)cc1. The van der Waals surface area contributed by atoms with Crippen LogP contribution in [0.1, 0.15) is 45.0 Å². The highest BCUT2D eigenvalue weighted by Crippen LogP contribution is 2.28. The summed E-state index contributed by atoms with van der Waals surface area (Å²) in [4.78, 5) is 33.6. The van der Waals surface area contributed by atoms with Crippen LogP contribution in [-0.4, -0.2) is 27.0 Å². The van der Waals surface area contributed by atoms with E-state index in [9.17, 15) is 18.4 Å². The number of amides is 2. The first-order valence-corrected chi connectivity index (χ1v) is 12.5. The van der Waals surface area contributed by atoms with E-state index >= 15 is 0 Å². The Morgan fingerprint density at radius 3 is 2.49 bits per heavy atom. The van der Waals surface area contributed by atoms with Crippen LogP contribution >= 0.6 is 11.6 Å². The molecule has 0 aliphatic carbocycles. The number of rotatable bonds is 8. The molecule has 0 bridgehead atoms. The molecule has 0 fully saturated rings. The highest BCUT2D eigenvalue weighted by Gasteiger charge is 2.29. The summed E-state index contributed by atoms with van der Waals surface area (Å²) in [5.74, 6) is -1.24. The zero-order chi connectivity index (χ0) is 26.5. The van der Waals surface area contributed by atoms with Crippen LogP contribution in [0, 0.1) is 11.6 Å². The summed E-state index contributed by atoms with van der Waals surface area (Å²) < 4.78 is 29.2. The Bertz CT molecular complexity index is 1470. The Morgan fingerprint density at radius 2 is 1.81 bits per heavy atom. The van der Waals surface area contributed by atoms with Crippen LogP contribution in [0.25, 0.3) is 16.6 Å². The zero-order valence-electron chi connectivity index (χ0n) is 20.5. The molecule has 1 heterocycles. The second-order valence-electron chi connectivity index (χ2n) is 8.63. The number of nitrogens with one attached hydrogen (secondary N) is 1. The Morgan fingerprint density at radius 1 is 1.08 bits per heavy atom. The molecular formula is C28H27ClF2N4O2. The fourth-order valence-corrected chi connectivity index (χ4v) is 4.39. The van der Waals surface area contributed by atoms with Crippen molar-refractivity contribution in [2.75, 3.05) is 11.9 Å². The molecule has 3 aromatic carbocycles. The summed E-state index contributed by atoms with van der Waals surface area (Å²) in [6.45, 7) is 4.23. The molecule has 0 saturated heterocycles. The van der Waals surface area contributed by atoms with E-state index in [0.29, 0.717) is 52.9 Å². The molecule has 1 N–H and O–H groups in total. The lowest BCUT2D eigenvalue weighted by molar-refractivity contribution is 0.180. The fraction of sp³-hybridized carbons (Fsp3) is 0.250. The Hall–Kier alpha value is -3.78. The molecule has 1 unspecified atom stereocenters. The molecular weight excluding hydrogens is 498 g/mol. The predicted molar refractivity (Wildman–Crippen MR) is 142 cm³/mol. The molecule has 4 aromatic rings. The lowest BCUT2D eigenvalue weighted by atomic mass is 10.1. The first kappa shape index (κ1) is 26.3. The molecule has 9 heteroatoms. The number of carbonyl (C=O) groups excluding carboxylic acids is 1. The van der Waals surface area contributed by atoms with Crippen molar-refractivity contribution >= 4 is 34.2 Å². The molecule has 1 aromatic heterocycles. The van der Waals surface area contributed by atoms with Gasteiger partial charge in [-0.25, -0.2) is 18.6 Å². The number of unbranched alkanes of at least 4 members (excludes halogenated alkanes) is 1. The number of urea groups is 1.